The lowest BCUT2D eigenvalue weighted by Gasteiger charge is -2.16. The molecule has 2 unspecified atom stereocenters. The van der Waals surface area contributed by atoms with E-state index in [0.717, 1.165) is 38.0 Å². The van der Waals surface area contributed by atoms with Crippen molar-refractivity contribution in [3.8, 4) is 0 Å². The maximum Gasteiger partial charge on any atom is 0.306 e. The number of ether oxygens (including phenoxy) is 2. The molecule has 0 bridgehead atoms. The van der Waals surface area contributed by atoms with Gasteiger partial charge in [-0.2, -0.15) is 0 Å². The highest BCUT2D eigenvalue weighted by molar-refractivity contribution is 5.70. The van der Waals surface area contributed by atoms with Gasteiger partial charge in [-0.3, -0.25) is 9.59 Å². The number of aliphatic hydroxyl groups excluding tert-OH is 2. The minimum atomic E-state index is -0.841. The monoisotopic (exact) mass is 705 g/mol. The summed E-state index contributed by atoms with van der Waals surface area (Å²) in [7, 11) is 0. The molecular weight excluding hydrogens is 624 g/mol. The first-order valence-electron chi connectivity index (χ1n) is 21.0. The van der Waals surface area contributed by atoms with E-state index in [2.05, 4.69) is 39.0 Å². The van der Waals surface area contributed by atoms with Gasteiger partial charge >= 0.3 is 11.9 Å². The van der Waals surface area contributed by atoms with Crippen molar-refractivity contribution >= 4 is 11.9 Å². The van der Waals surface area contributed by atoms with Crippen molar-refractivity contribution in [2.75, 3.05) is 13.2 Å². The lowest BCUT2D eigenvalue weighted by Crippen LogP contribution is -2.28. The van der Waals surface area contributed by atoms with Crippen LogP contribution in [-0.4, -0.2) is 47.6 Å². The first-order valence-corrected chi connectivity index (χ1v) is 21.0. The fourth-order valence-corrected chi connectivity index (χ4v) is 5.95. The molecule has 0 aliphatic rings. The van der Waals surface area contributed by atoms with Crippen LogP contribution in [-0.2, 0) is 19.1 Å². The molecule has 6 nitrogen and oxygen atoms in total. The molecule has 6 heteroatoms. The summed E-state index contributed by atoms with van der Waals surface area (Å²) in [6, 6.07) is 0. The SMILES string of the molecule is CCCCCCCC/C=C/C/C=C/C=C/C(O)CCCC(=O)OC[C@H](CO)OC(=O)CCCCCCCCCCCCCCCCC(C)CC. The van der Waals surface area contributed by atoms with Gasteiger partial charge in [-0.1, -0.05) is 186 Å². The van der Waals surface area contributed by atoms with Crippen LogP contribution in [0.25, 0.3) is 0 Å². The van der Waals surface area contributed by atoms with Crippen molar-refractivity contribution in [1.29, 1.82) is 0 Å². The number of hydrogen-bond donors (Lipinski definition) is 2. The summed E-state index contributed by atoms with van der Waals surface area (Å²) in [5.41, 5.74) is 0. The lowest BCUT2D eigenvalue weighted by molar-refractivity contribution is -0.161. The number of unbranched alkanes of at least 4 members (excludes halogenated alkanes) is 19. The summed E-state index contributed by atoms with van der Waals surface area (Å²) in [6.07, 6.45) is 42.3. The van der Waals surface area contributed by atoms with E-state index in [1.165, 1.54) is 122 Å². The van der Waals surface area contributed by atoms with E-state index in [1.54, 1.807) is 6.08 Å². The van der Waals surface area contributed by atoms with Gasteiger partial charge in [0.15, 0.2) is 6.10 Å². The summed E-state index contributed by atoms with van der Waals surface area (Å²) in [5.74, 6) is 0.110. The first kappa shape index (κ1) is 48.1. The molecule has 0 aliphatic carbocycles. The third kappa shape index (κ3) is 35.9. The quantitative estimate of drug-likeness (QED) is 0.0289. The maximum atomic E-state index is 12.2. The molecule has 0 rings (SSSR count). The summed E-state index contributed by atoms with van der Waals surface area (Å²) < 4.78 is 10.5. The highest BCUT2D eigenvalue weighted by atomic mass is 16.6. The third-order valence-corrected chi connectivity index (χ3v) is 9.58. The number of hydrogen-bond acceptors (Lipinski definition) is 6. The molecule has 0 aliphatic heterocycles. The molecule has 292 valence electrons. The third-order valence-electron chi connectivity index (χ3n) is 9.58. The Morgan fingerprint density at radius 3 is 1.78 bits per heavy atom. The van der Waals surface area contributed by atoms with Crippen molar-refractivity contribution in [3.05, 3.63) is 36.5 Å². The highest BCUT2D eigenvalue weighted by Crippen LogP contribution is 2.16. The van der Waals surface area contributed by atoms with Crippen molar-refractivity contribution < 1.29 is 29.3 Å². The molecule has 0 fully saturated rings. The minimum absolute atomic E-state index is 0.153. The predicted molar refractivity (Wildman–Crippen MR) is 211 cm³/mol. The Morgan fingerprint density at radius 1 is 0.620 bits per heavy atom. The molecule has 0 amide bonds. The second-order valence-corrected chi connectivity index (χ2v) is 14.5. The summed E-state index contributed by atoms with van der Waals surface area (Å²) >= 11 is 0. The molecule has 2 N–H and O–H groups in total. The summed E-state index contributed by atoms with van der Waals surface area (Å²) in [6.45, 7) is 6.36. The number of carbonyl (C=O) groups excluding carboxylic acids is 2. The number of allylic oxidation sites excluding steroid dienone is 5. The molecule has 0 radical (unpaired) electrons. The van der Waals surface area contributed by atoms with Crippen LogP contribution in [0.3, 0.4) is 0 Å². The summed E-state index contributed by atoms with van der Waals surface area (Å²) in [4.78, 5) is 24.3. The van der Waals surface area contributed by atoms with E-state index < -0.39 is 18.2 Å². The Hall–Kier alpha value is -1.92. The molecule has 0 saturated carbocycles. The van der Waals surface area contributed by atoms with E-state index >= 15 is 0 Å². The molecular formula is C44H80O6. The van der Waals surface area contributed by atoms with Crippen LogP contribution in [0.5, 0.6) is 0 Å². The van der Waals surface area contributed by atoms with Crippen LogP contribution in [0.1, 0.15) is 201 Å². The lowest BCUT2D eigenvalue weighted by atomic mass is 9.99. The smallest absolute Gasteiger partial charge is 0.306 e. The Balaban J connectivity index is 3.70. The fraction of sp³-hybridized carbons (Fsp3) is 0.818. The highest BCUT2D eigenvalue weighted by Gasteiger charge is 2.16. The van der Waals surface area contributed by atoms with Crippen molar-refractivity contribution in [2.45, 2.75) is 213 Å². The normalized spacial score (nSPS) is 13.8. The van der Waals surface area contributed by atoms with Crippen molar-refractivity contribution in [3.63, 3.8) is 0 Å². The van der Waals surface area contributed by atoms with Crippen molar-refractivity contribution in [1.82, 2.24) is 0 Å². The van der Waals surface area contributed by atoms with E-state index in [0.29, 0.717) is 19.3 Å². The molecule has 0 aromatic carbocycles. The average Bonchev–Trinajstić information content (AvgIpc) is 3.11. The molecule has 0 spiro atoms. The number of rotatable bonds is 37. The van der Waals surface area contributed by atoms with Gasteiger partial charge in [-0.25, -0.2) is 0 Å². The zero-order chi connectivity index (χ0) is 36.8. The second kappa shape index (κ2) is 38.3. The van der Waals surface area contributed by atoms with Crippen molar-refractivity contribution in [2.24, 2.45) is 5.92 Å². The minimum Gasteiger partial charge on any atom is -0.462 e. The number of carbonyl (C=O) groups is 2. The van der Waals surface area contributed by atoms with Crippen LogP contribution in [0.4, 0.5) is 0 Å². The molecule has 3 atom stereocenters. The van der Waals surface area contributed by atoms with Gasteiger partial charge in [0.2, 0.25) is 0 Å². The Morgan fingerprint density at radius 2 is 1.18 bits per heavy atom. The first-order chi connectivity index (χ1) is 24.4. The van der Waals surface area contributed by atoms with Crippen LogP contribution >= 0.6 is 0 Å². The van der Waals surface area contributed by atoms with Gasteiger partial charge in [0.25, 0.3) is 0 Å². The van der Waals surface area contributed by atoms with E-state index in [9.17, 15) is 19.8 Å². The number of aliphatic hydroxyl groups is 2. The molecule has 0 aromatic heterocycles. The van der Waals surface area contributed by atoms with E-state index in [-0.39, 0.29) is 25.6 Å². The average molecular weight is 705 g/mol. The van der Waals surface area contributed by atoms with Gasteiger partial charge in [0.05, 0.1) is 12.7 Å². The van der Waals surface area contributed by atoms with Gasteiger partial charge in [0, 0.05) is 12.8 Å². The maximum absolute atomic E-state index is 12.2. The van der Waals surface area contributed by atoms with Crippen LogP contribution in [0.15, 0.2) is 36.5 Å². The zero-order valence-corrected chi connectivity index (χ0v) is 32.9. The predicted octanol–water partition coefficient (Wildman–Crippen LogP) is 12.1. The Labute approximate surface area is 309 Å². The van der Waals surface area contributed by atoms with Crippen LogP contribution in [0, 0.1) is 5.92 Å². The van der Waals surface area contributed by atoms with E-state index in [1.807, 2.05) is 12.2 Å². The van der Waals surface area contributed by atoms with Gasteiger partial charge in [-0.05, 0) is 44.4 Å². The van der Waals surface area contributed by atoms with Gasteiger partial charge in [0.1, 0.15) is 6.61 Å². The molecule has 50 heavy (non-hydrogen) atoms. The van der Waals surface area contributed by atoms with Crippen LogP contribution < -0.4 is 0 Å². The zero-order valence-electron chi connectivity index (χ0n) is 32.9. The standard InChI is InChI=1S/C44H80O6/c1-4-6-7-8-9-10-11-14-18-21-24-27-30-34-41(46)35-32-37-43(47)49-39-42(38-45)50-44(48)36-31-28-25-22-19-16-13-12-15-17-20-23-26-29-33-40(3)5-2/h14,18,24,27,30,34,40-42,45-46H,4-13,15-17,19-23,25-26,28-29,31-33,35-39H2,1-3H3/b18-14+,27-24+,34-30+/t40?,41?,42-/m0/s1. The summed E-state index contributed by atoms with van der Waals surface area (Å²) in [5, 5.41) is 19.7. The Kier molecular flexibility index (Phi) is 36.8. The van der Waals surface area contributed by atoms with Gasteiger partial charge < -0.3 is 19.7 Å². The topological polar surface area (TPSA) is 93.1 Å². The molecule has 0 aromatic rings. The Bertz CT molecular complexity index is 834. The van der Waals surface area contributed by atoms with E-state index in [4.69, 9.17) is 9.47 Å². The largest absolute Gasteiger partial charge is 0.462 e. The number of esters is 2. The van der Waals surface area contributed by atoms with Crippen LogP contribution in [0.2, 0.25) is 0 Å². The van der Waals surface area contributed by atoms with Gasteiger partial charge in [-0.15, -0.1) is 0 Å². The second-order valence-electron chi connectivity index (χ2n) is 14.5. The molecule has 0 heterocycles. The molecule has 0 saturated heterocycles. The fourth-order valence-electron chi connectivity index (χ4n) is 5.95.